The topological polar surface area (TPSA) is 51.0 Å². The zero-order valence-corrected chi connectivity index (χ0v) is 18.2. The number of benzene rings is 3. The maximum atomic E-state index is 13.5. The molecule has 1 atom stereocenters. The Labute approximate surface area is 186 Å². The Morgan fingerprint density at radius 3 is 1.94 bits per heavy atom. The summed E-state index contributed by atoms with van der Waals surface area (Å²) in [5.41, 5.74) is 3.19. The van der Waals surface area contributed by atoms with Crippen LogP contribution in [0.5, 0.6) is 0 Å². The van der Waals surface area contributed by atoms with Gasteiger partial charge in [-0.25, -0.2) is 0 Å². The quantitative estimate of drug-likeness (QED) is 0.372. The SMILES string of the molecule is CC(Sc1nncn1-c1ccccc1)C(=O)N(Cc1ccccc1)Cc1ccccc1. The average molecular weight is 429 g/mol. The van der Waals surface area contributed by atoms with Gasteiger partial charge in [-0.05, 0) is 30.2 Å². The predicted octanol–water partition coefficient (Wildman–Crippen LogP) is 4.98. The number of hydrogen-bond donors (Lipinski definition) is 0. The lowest BCUT2D eigenvalue weighted by Gasteiger charge is -2.26. The highest BCUT2D eigenvalue weighted by molar-refractivity contribution is 8.00. The maximum Gasteiger partial charge on any atom is 0.236 e. The molecule has 0 spiro atoms. The van der Waals surface area contributed by atoms with Gasteiger partial charge in [0, 0.05) is 18.8 Å². The fourth-order valence-electron chi connectivity index (χ4n) is 3.36. The van der Waals surface area contributed by atoms with Crippen LogP contribution in [0.1, 0.15) is 18.1 Å². The Morgan fingerprint density at radius 2 is 1.39 bits per heavy atom. The Hall–Kier alpha value is -3.38. The van der Waals surface area contributed by atoms with Gasteiger partial charge in [-0.3, -0.25) is 9.36 Å². The highest BCUT2D eigenvalue weighted by Crippen LogP contribution is 2.26. The molecule has 1 amide bonds. The Kier molecular flexibility index (Phi) is 6.79. The van der Waals surface area contributed by atoms with Gasteiger partial charge < -0.3 is 4.90 Å². The van der Waals surface area contributed by atoms with Crippen molar-refractivity contribution in [2.45, 2.75) is 30.4 Å². The summed E-state index contributed by atoms with van der Waals surface area (Å²) in [5, 5.41) is 8.70. The lowest BCUT2D eigenvalue weighted by atomic mass is 10.1. The van der Waals surface area contributed by atoms with E-state index in [1.54, 1.807) is 6.33 Å². The normalized spacial score (nSPS) is 11.8. The number of thioether (sulfide) groups is 1. The van der Waals surface area contributed by atoms with Crippen LogP contribution in [0.15, 0.2) is 102 Å². The number of para-hydroxylation sites is 1. The smallest absolute Gasteiger partial charge is 0.236 e. The predicted molar refractivity (Wildman–Crippen MR) is 124 cm³/mol. The summed E-state index contributed by atoms with van der Waals surface area (Å²) in [6.45, 7) is 3.05. The van der Waals surface area contributed by atoms with Crippen molar-refractivity contribution in [2.24, 2.45) is 0 Å². The second-order valence-electron chi connectivity index (χ2n) is 7.24. The van der Waals surface area contributed by atoms with Crippen LogP contribution < -0.4 is 0 Å². The second kappa shape index (κ2) is 10.1. The third-order valence-corrected chi connectivity index (χ3v) is 5.97. The molecule has 0 aliphatic heterocycles. The molecule has 0 fully saturated rings. The van der Waals surface area contributed by atoms with Gasteiger partial charge in [-0.2, -0.15) is 0 Å². The molecular formula is C25H24N4OS. The fourth-order valence-corrected chi connectivity index (χ4v) is 4.28. The van der Waals surface area contributed by atoms with Gasteiger partial charge in [-0.15, -0.1) is 10.2 Å². The highest BCUT2D eigenvalue weighted by Gasteiger charge is 2.24. The monoisotopic (exact) mass is 428 g/mol. The molecule has 0 N–H and O–H groups in total. The van der Waals surface area contributed by atoms with E-state index in [-0.39, 0.29) is 11.2 Å². The summed E-state index contributed by atoms with van der Waals surface area (Å²) in [7, 11) is 0. The van der Waals surface area contributed by atoms with Crippen LogP contribution in [0.25, 0.3) is 5.69 Å². The van der Waals surface area contributed by atoms with E-state index in [0.29, 0.717) is 18.2 Å². The van der Waals surface area contributed by atoms with Crippen LogP contribution in [0.4, 0.5) is 0 Å². The van der Waals surface area contributed by atoms with Crippen molar-refractivity contribution in [3.8, 4) is 5.69 Å². The van der Waals surface area contributed by atoms with Crippen LogP contribution in [0.3, 0.4) is 0 Å². The highest BCUT2D eigenvalue weighted by atomic mass is 32.2. The third-order valence-electron chi connectivity index (χ3n) is 4.92. The summed E-state index contributed by atoms with van der Waals surface area (Å²) in [4.78, 5) is 15.4. The number of amides is 1. The van der Waals surface area contributed by atoms with E-state index in [0.717, 1.165) is 16.8 Å². The summed E-state index contributed by atoms with van der Waals surface area (Å²) in [5.74, 6) is 0.0697. The first-order valence-electron chi connectivity index (χ1n) is 10.2. The lowest BCUT2D eigenvalue weighted by Crippen LogP contribution is -2.35. The summed E-state index contributed by atoms with van der Waals surface area (Å²) >= 11 is 1.43. The number of aromatic nitrogens is 3. The molecule has 1 aromatic heterocycles. The third kappa shape index (κ3) is 5.41. The molecule has 1 unspecified atom stereocenters. The summed E-state index contributed by atoms with van der Waals surface area (Å²) in [6, 6.07) is 30.1. The van der Waals surface area contributed by atoms with Gasteiger partial charge in [0.25, 0.3) is 0 Å². The number of carbonyl (C=O) groups excluding carboxylic acids is 1. The Bertz CT molecular complexity index is 1060. The molecule has 0 aliphatic rings. The molecule has 156 valence electrons. The van der Waals surface area contributed by atoms with E-state index in [9.17, 15) is 4.79 Å². The number of hydrogen-bond acceptors (Lipinski definition) is 4. The fraction of sp³-hybridized carbons (Fsp3) is 0.160. The first-order chi connectivity index (χ1) is 15.2. The van der Waals surface area contributed by atoms with Crippen LogP contribution in [0, 0.1) is 0 Å². The minimum Gasteiger partial charge on any atom is -0.333 e. The molecule has 0 saturated heterocycles. The van der Waals surface area contributed by atoms with Gasteiger partial charge in [0.2, 0.25) is 5.91 Å². The maximum absolute atomic E-state index is 13.5. The van der Waals surface area contributed by atoms with Crippen molar-refractivity contribution in [1.29, 1.82) is 0 Å². The van der Waals surface area contributed by atoms with E-state index >= 15 is 0 Å². The standard InChI is InChI=1S/C25H24N4OS/c1-20(31-25-27-26-19-29(25)23-15-9-4-10-16-23)24(30)28(17-21-11-5-2-6-12-21)18-22-13-7-3-8-14-22/h2-16,19-20H,17-18H2,1H3. The van der Waals surface area contributed by atoms with Crippen molar-refractivity contribution in [3.63, 3.8) is 0 Å². The van der Waals surface area contributed by atoms with Gasteiger partial charge in [-0.1, -0.05) is 90.6 Å². The molecule has 4 aromatic rings. The van der Waals surface area contributed by atoms with Crippen LogP contribution >= 0.6 is 11.8 Å². The molecule has 5 nitrogen and oxygen atoms in total. The molecule has 0 saturated carbocycles. The van der Waals surface area contributed by atoms with E-state index in [4.69, 9.17) is 0 Å². The molecule has 0 aliphatic carbocycles. The van der Waals surface area contributed by atoms with Crippen LogP contribution in [0.2, 0.25) is 0 Å². The van der Waals surface area contributed by atoms with E-state index in [1.807, 2.05) is 83.1 Å². The van der Waals surface area contributed by atoms with Gasteiger partial charge in [0.05, 0.1) is 5.25 Å². The van der Waals surface area contributed by atoms with Gasteiger partial charge >= 0.3 is 0 Å². The molecule has 0 bridgehead atoms. The van der Waals surface area contributed by atoms with E-state index in [1.165, 1.54) is 11.8 Å². The van der Waals surface area contributed by atoms with E-state index in [2.05, 4.69) is 34.5 Å². The van der Waals surface area contributed by atoms with Crippen LogP contribution in [-0.4, -0.2) is 30.8 Å². The zero-order chi connectivity index (χ0) is 21.5. The van der Waals surface area contributed by atoms with Gasteiger partial charge in [0.1, 0.15) is 6.33 Å². The first-order valence-corrected chi connectivity index (χ1v) is 11.1. The molecular weight excluding hydrogens is 404 g/mol. The number of carbonyl (C=O) groups is 1. The molecule has 0 radical (unpaired) electrons. The van der Waals surface area contributed by atoms with Crippen molar-refractivity contribution < 1.29 is 4.79 Å². The minimum atomic E-state index is -0.306. The summed E-state index contributed by atoms with van der Waals surface area (Å²) in [6.07, 6.45) is 1.68. The zero-order valence-electron chi connectivity index (χ0n) is 17.3. The Morgan fingerprint density at radius 1 is 0.871 bits per heavy atom. The minimum absolute atomic E-state index is 0.0697. The molecule has 31 heavy (non-hydrogen) atoms. The first kappa shape index (κ1) is 20.9. The molecule has 1 heterocycles. The Balaban J connectivity index is 1.53. The molecule has 6 heteroatoms. The van der Waals surface area contributed by atoms with Crippen molar-refractivity contribution in [2.75, 3.05) is 0 Å². The molecule has 4 rings (SSSR count). The van der Waals surface area contributed by atoms with E-state index < -0.39 is 0 Å². The van der Waals surface area contributed by atoms with Gasteiger partial charge in [0.15, 0.2) is 5.16 Å². The van der Waals surface area contributed by atoms with Crippen LogP contribution in [-0.2, 0) is 17.9 Å². The molecule has 3 aromatic carbocycles. The summed E-state index contributed by atoms with van der Waals surface area (Å²) < 4.78 is 1.91. The van der Waals surface area contributed by atoms with Crippen molar-refractivity contribution in [3.05, 3.63) is 108 Å². The second-order valence-corrected chi connectivity index (χ2v) is 8.55. The average Bonchev–Trinajstić information content (AvgIpc) is 3.28. The van der Waals surface area contributed by atoms with Crippen molar-refractivity contribution >= 4 is 17.7 Å². The lowest BCUT2D eigenvalue weighted by molar-refractivity contribution is -0.131. The number of rotatable bonds is 8. The largest absolute Gasteiger partial charge is 0.333 e. The van der Waals surface area contributed by atoms with Crippen molar-refractivity contribution in [1.82, 2.24) is 19.7 Å². The number of nitrogens with zero attached hydrogens (tertiary/aromatic N) is 4.